The van der Waals surface area contributed by atoms with E-state index in [0.717, 1.165) is 31.0 Å². The van der Waals surface area contributed by atoms with Gasteiger partial charge in [-0.05, 0) is 37.6 Å². The summed E-state index contributed by atoms with van der Waals surface area (Å²) in [5, 5.41) is 8.80. The fourth-order valence-electron chi connectivity index (χ4n) is 3.31. The molecule has 5 nitrogen and oxygen atoms in total. The van der Waals surface area contributed by atoms with E-state index in [2.05, 4.69) is 14.8 Å². The van der Waals surface area contributed by atoms with Crippen LogP contribution in [0.4, 0.5) is 5.82 Å². The van der Waals surface area contributed by atoms with Crippen LogP contribution in [0.2, 0.25) is 0 Å². The number of fused-ring (bicyclic) bond motifs is 1. The minimum atomic E-state index is -0.929. The van der Waals surface area contributed by atoms with E-state index in [1.165, 1.54) is 31.9 Å². The van der Waals surface area contributed by atoms with Crippen LogP contribution in [0.1, 0.15) is 24.8 Å². The summed E-state index contributed by atoms with van der Waals surface area (Å²) in [5.74, 6) is -0.0258. The fourth-order valence-corrected chi connectivity index (χ4v) is 3.31. The second-order valence-corrected chi connectivity index (χ2v) is 5.72. The van der Waals surface area contributed by atoms with Crippen molar-refractivity contribution in [2.24, 2.45) is 0 Å². The first-order valence-corrected chi connectivity index (χ1v) is 7.59. The Bertz CT molecular complexity index is 544. The Kier molecular flexibility index (Phi) is 4.20. The van der Waals surface area contributed by atoms with E-state index >= 15 is 0 Å². The summed E-state index contributed by atoms with van der Waals surface area (Å²) in [5.41, 5.74) is 0.879. The van der Waals surface area contributed by atoms with Crippen LogP contribution in [0.3, 0.4) is 0 Å². The molecule has 0 radical (unpaired) electrons. The Hall–Kier alpha value is -1.88. The largest absolute Gasteiger partial charge is 0.478 e. The highest BCUT2D eigenvalue weighted by atomic mass is 16.4. The van der Waals surface area contributed by atoms with Gasteiger partial charge < -0.3 is 10.0 Å². The van der Waals surface area contributed by atoms with Crippen LogP contribution in [-0.2, 0) is 4.79 Å². The van der Waals surface area contributed by atoms with E-state index in [1.807, 2.05) is 12.1 Å². The molecule has 5 heteroatoms. The number of hydrogen-bond donors (Lipinski definition) is 1. The van der Waals surface area contributed by atoms with Gasteiger partial charge in [0.05, 0.1) is 0 Å². The van der Waals surface area contributed by atoms with Crippen molar-refractivity contribution >= 4 is 17.9 Å². The number of pyridine rings is 1. The van der Waals surface area contributed by atoms with Gasteiger partial charge in [0.2, 0.25) is 0 Å². The first kappa shape index (κ1) is 14.1. The maximum Gasteiger partial charge on any atom is 0.328 e. The van der Waals surface area contributed by atoms with Gasteiger partial charge >= 0.3 is 5.97 Å². The zero-order valence-corrected chi connectivity index (χ0v) is 12.1. The number of rotatable bonds is 3. The number of carbonyl (C=O) groups is 1. The molecule has 3 rings (SSSR count). The van der Waals surface area contributed by atoms with Crippen molar-refractivity contribution in [1.29, 1.82) is 0 Å². The molecular weight excluding hydrogens is 266 g/mol. The quantitative estimate of drug-likeness (QED) is 0.860. The number of aliphatic carboxylic acids is 1. The molecule has 0 aliphatic carbocycles. The highest BCUT2D eigenvalue weighted by Crippen LogP contribution is 2.26. The van der Waals surface area contributed by atoms with Gasteiger partial charge in [0.15, 0.2) is 0 Å². The predicted octanol–water partition coefficient (Wildman–Crippen LogP) is 1.85. The van der Waals surface area contributed by atoms with Crippen molar-refractivity contribution < 1.29 is 9.90 Å². The molecular formula is C16H21N3O2. The number of aromatic nitrogens is 1. The predicted molar refractivity (Wildman–Crippen MR) is 82.3 cm³/mol. The third-order valence-corrected chi connectivity index (χ3v) is 4.36. The number of piperidine rings is 1. The van der Waals surface area contributed by atoms with Crippen LogP contribution in [0.5, 0.6) is 0 Å². The second kappa shape index (κ2) is 6.26. The van der Waals surface area contributed by atoms with Gasteiger partial charge in [-0.15, -0.1) is 0 Å². The van der Waals surface area contributed by atoms with Crippen molar-refractivity contribution in [2.75, 3.05) is 31.1 Å². The Morgan fingerprint density at radius 2 is 2.24 bits per heavy atom. The third-order valence-electron chi connectivity index (χ3n) is 4.36. The number of nitrogens with zero attached hydrogens (tertiary/aromatic N) is 3. The Labute approximate surface area is 124 Å². The maximum absolute atomic E-state index is 10.7. The summed E-state index contributed by atoms with van der Waals surface area (Å²) in [6.45, 7) is 4.24. The molecule has 112 valence electrons. The van der Waals surface area contributed by atoms with Crippen molar-refractivity contribution in [3.05, 3.63) is 30.0 Å². The molecule has 2 saturated heterocycles. The summed E-state index contributed by atoms with van der Waals surface area (Å²) >= 11 is 0. The molecule has 1 aromatic heterocycles. The molecule has 0 amide bonds. The number of carboxylic acids is 1. The van der Waals surface area contributed by atoms with Crippen molar-refractivity contribution in [2.45, 2.75) is 25.3 Å². The topological polar surface area (TPSA) is 56.7 Å². The normalized spacial score (nSPS) is 23.2. The van der Waals surface area contributed by atoms with Crippen molar-refractivity contribution in [3.8, 4) is 0 Å². The Morgan fingerprint density at radius 1 is 1.33 bits per heavy atom. The molecule has 0 saturated carbocycles. The van der Waals surface area contributed by atoms with Gasteiger partial charge in [0.1, 0.15) is 5.82 Å². The molecule has 2 fully saturated rings. The van der Waals surface area contributed by atoms with E-state index in [0.29, 0.717) is 6.04 Å². The fraction of sp³-hybridized carbons (Fsp3) is 0.500. The molecule has 2 aliphatic heterocycles. The third kappa shape index (κ3) is 3.24. The second-order valence-electron chi connectivity index (χ2n) is 5.72. The molecule has 0 bridgehead atoms. The van der Waals surface area contributed by atoms with Gasteiger partial charge in [-0.3, -0.25) is 4.90 Å². The Balaban J connectivity index is 1.79. The van der Waals surface area contributed by atoms with Gasteiger partial charge in [-0.2, -0.15) is 0 Å². The van der Waals surface area contributed by atoms with Gasteiger partial charge in [0, 0.05) is 43.5 Å². The van der Waals surface area contributed by atoms with Crippen molar-refractivity contribution in [3.63, 3.8) is 0 Å². The van der Waals surface area contributed by atoms with Crippen LogP contribution in [0, 0.1) is 0 Å². The van der Waals surface area contributed by atoms with E-state index in [4.69, 9.17) is 5.11 Å². The van der Waals surface area contributed by atoms with Crippen LogP contribution >= 0.6 is 0 Å². The first-order chi connectivity index (χ1) is 10.2. The minimum absolute atomic E-state index is 0.616. The lowest BCUT2D eigenvalue weighted by atomic mass is 9.99. The van der Waals surface area contributed by atoms with E-state index < -0.39 is 5.97 Å². The molecule has 1 unspecified atom stereocenters. The average molecular weight is 287 g/mol. The monoisotopic (exact) mass is 287 g/mol. The summed E-state index contributed by atoms with van der Waals surface area (Å²) in [6, 6.07) is 4.39. The summed E-state index contributed by atoms with van der Waals surface area (Å²) in [4.78, 5) is 20.1. The van der Waals surface area contributed by atoms with Crippen LogP contribution in [0.25, 0.3) is 6.08 Å². The zero-order valence-electron chi connectivity index (χ0n) is 12.1. The van der Waals surface area contributed by atoms with Crippen LogP contribution in [0.15, 0.2) is 24.4 Å². The number of piperazine rings is 1. The summed E-state index contributed by atoms with van der Waals surface area (Å²) in [6.07, 6.45) is 8.47. The lowest BCUT2D eigenvalue weighted by molar-refractivity contribution is -0.131. The van der Waals surface area contributed by atoms with E-state index in [-0.39, 0.29) is 0 Å². The zero-order chi connectivity index (χ0) is 14.7. The average Bonchev–Trinajstić information content (AvgIpc) is 2.52. The highest BCUT2D eigenvalue weighted by Gasteiger charge is 2.29. The molecule has 3 heterocycles. The van der Waals surface area contributed by atoms with Gasteiger partial charge in [-0.1, -0.05) is 6.42 Å². The van der Waals surface area contributed by atoms with Crippen molar-refractivity contribution in [1.82, 2.24) is 9.88 Å². The highest BCUT2D eigenvalue weighted by molar-refractivity contribution is 5.86. The van der Waals surface area contributed by atoms with Gasteiger partial charge in [-0.25, -0.2) is 9.78 Å². The lowest BCUT2D eigenvalue weighted by Gasteiger charge is -2.44. The minimum Gasteiger partial charge on any atom is -0.478 e. The molecule has 21 heavy (non-hydrogen) atoms. The number of carboxylic acid groups (broad SMARTS) is 1. The maximum atomic E-state index is 10.7. The molecule has 2 aliphatic rings. The van der Waals surface area contributed by atoms with E-state index in [9.17, 15) is 4.79 Å². The number of hydrogen-bond acceptors (Lipinski definition) is 4. The van der Waals surface area contributed by atoms with Gasteiger partial charge in [0.25, 0.3) is 0 Å². The standard InChI is InChI=1S/C16H21N3O2/c20-15(21)7-6-13-4-3-8-17-16(13)19-11-10-18-9-2-1-5-14(18)12-19/h3-4,6-8,14H,1-2,5,9-12H2,(H,20,21)/b7-6+. The number of anilines is 1. The van der Waals surface area contributed by atoms with Crippen LogP contribution < -0.4 is 4.90 Å². The molecule has 1 aromatic rings. The van der Waals surface area contributed by atoms with Crippen LogP contribution in [-0.4, -0.2) is 53.2 Å². The summed E-state index contributed by atoms with van der Waals surface area (Å²) in [7, 11) is 0. The SMILES string of the molecule is O=C(O)/C=C/c1cccnc1N1CCN2CCCCC2C1. The molecule has 0 spiro atoms. The Morgan fingerprint density at radius 3 is 3.10 bits per heavy atom. The summed E-state index contributed by atoms with van der Waals surface area (Å²) < 4.78 is 0. The lowest BCUT2D eigenvalue weighted by Crippen LogP contribution is -2.55. The first-order valence-electron chi connectivity index (χ1n) is 7.59. The molecule has 1 N–H and O–H groups in total. The smallest absolute Gasteiger partial charge is 0.328 e. The van der Waals surface area contributed by atoms with E-state index in [1.54, 1.807) is 12.3 Å². The molecule has 0 aromatic carbocycles. The molecule has 1 atom stereocenters.